The van der Waals surface area contributed by atoms with E-state index in [9.17, 15) is 51.1 Å². The van der Waals surface area contributed by atoms with Crippen molar-refractivity contribution in [3.8, 4) is 0 Å². The summed E-state index contributed by atoms with van der Waals surface area (Å²) in [6.07, 6.45) is -17.3. The molecule has 0 radical (unpaired) electrons. The second kappa shape index (κ2) is 13.4. The summed E-state index contributed by atoms with van der Waals surface area (Å²) < 4.78 is 28.0. The topological polar surface area (TPSA) is 252 Å². The summed E-state index contributed by atoms with van der Waals surface area (Å²) in [5.41, 5.74) is 0. The van der Waals surface area contributed by atoms with Crippen LogP contribution in [0.3, 0.4) is 0 Å². The number of hydrogen-bond donors (Lipinski definition) is 10. The summed E-state index contributed by atoms with van der Waals surface area (Å²) in [7, 11) is 0. The van der Waals surface area contributed by atoms with E-state index in [-0.39, 0.29) is 30.8 Å². The van der Waals surface area contributed by atoms with E-state index in [1.807, 2.05) is 0 Å². The second-order valence-electron chi connectivity index (χ2n) is 12.7. The predicted molar refractivity (Wildman–Crippen MR) is 138 cm³/mol. The van der Waals surface area contributed by atoms with E-state index in [4.69, 9.17) is 23.7 Å². The Balaban J connectivity index is 1.29. The number of rotatable bonds is 6. The summed E-state index contributed by atoms with van der Waals surface area (Å²) in [6, 6.07) is 0. The lowest BCUT2D eigenvalue weighted by atomic mass is 9.72. The maximum absolute atomic E-state index is 10.8. The number of hydrogen-bond acceptors (Lipinski definition) is 14. The highest BCUT2D eigenvalue weighted by molar-refractivity contribution is 4.98. The van der Waals surface area contributed by atoms with E-state index in [2.05, 4.69) is 0 Å². The molecule has 3 aliphatic heterocycles. The maximum atomic E-state index is 10.8. The van der Waals surface area contributed by atoms with Crippen molar-refractivity contribution < 1.29 is 74.7 Å². The molecule has 5 fully saturated rings. The van der Waals surface area contributed by atoms with Gasteiger partial charge in [-0.3, -0.25) is 0 Å². The zero-order valence-corrected chi connectivity index (χ0v) is 23.5. The molecule has 244 valence electrons. The second-order valence-corrected chi connectivity index (χ2v) is 12.7. The summed E-state index contributed by atoms with van der Waals surface area (Å²) in [4.78, 5) is 0. The molecule has 0 amide bonds. The molecular weight excluding hydrogens is 564 g/mol. The van der Waals surface area contributed by atoms with Gasteiger partial charge in [0.1, 0.15) is 48.8 Å². The monoisotopic (exact) mass is 611 g/mol. The van der Waals surface area contributed by atoms with Crippen molar-refractivity contribution in [3.05, 3.63) is 0 Å². The molecule has 0 aromatic rings. The third kappa shape index (κ3) is 6.66. The Morgan fingerprint density at radius 1 is 0.667 bits per heavy atom. The molecule has 2 aliphatic carbocycles. The van der Waals surface area contributed by atoms with E-state index < -0.39 is 105 Å². The fourth-order valence-corrected chi connectivity index (χ4v) is 7.18. The molecule has 11 N–H and O–H groups in total. The molecule has 3 heterocycles. The number of fused-ring (bicyclic) bond motifs is 1. The van der Waals surface area contributed by atoms with E-state index in [1.165, 1.54) is 6.92 Å². The average Bonchev–Trinajstić information content (AvgIpc) is 2.95. The van der Waals surface area contributed by atoms with Crippen molar-refractivity contribution in [2.45, 2.75) is 150 Å². The van der Waals surface area contributed by atoms with Gasteiger partial charge in [-0.2, -0.15) is 0 Å². The molecule has 42 heavy (non-hydrogen) atoms. The van der Waals surface area contributed by atoms with Crippen molar-refractivity contribution in [3.63, 3.8) is 0 Å². The first kappa shape index (κ1) is 32.8. The number of aliphatic hydroxyl groups excluding tert-OH is 10. The first-order valence-electron chi connectivity index (χ1n) is 14.9. The lowest BCUT2D eigenvalue weighted by Gasteiger charge is -2.48. The van der Waals surface area contributed by atoms with E-state index in [1.54, 1.807) is 0 Å². The van der Waals surface area contributed by atoms with Gasteiger partial charge in [-0.15, -0.1) is 0 Å². The molecule has 15 heteroatoms. The van der Waals surface area contributed by atoms with E-state index in [0.29, 0.717) is 25.7 Å². The van der Waals surface area contributed by atoms with Gasteiger partial charge in [-0.25, -0.2) is 0 Å². The number of ether oxygens (including phenoxy) is 5. The zero-order chi connectivity index (χ0) is 30.5. The Bertz CT molecular complexity index is 882. The summed E-state index contributed by atoms with van der Waals surface area (Å²) >= 11 is 0. The first-order valence-corrected chi connectivity index (χ1v) is 14.9. The summed E-state index contributed by atoms with van der Waals surface area (Å²) in [5.74, 6) is -0.535. The van der Waals surface area contributed by atoms with Crippen molar-refractivity contribution in [1.29, 1.82) is 0 Å². The SMILES string of the molecule is C[C@@H]1O[C@@H](OC[C@H]2O[C@@H](OC3CC4C(O)CC(O)CC4[OH+]C3C3CCC(O)C(O)C3)[C@H](O)[C@@H](O)[C@@H]2O)[C@H](O)[C@H](O)[C@@H]1O. The molecule has 0 aromatic heterocycles. The van der Waals surface area contributed by atoms with Crippen LogP contribution in [0.15, 0.2) is 0 Å². The Labute approximate surface area is 243 Å². The van der Waals surface area contributed by atoms with Gasteiger partial charge in [0.2, 0.25) is 0 Å². The Morgan fingerprint density at radius 3 is 2.07 bits per heavy atom. The van der Waals surface area contributed by atoms with Gasteiger partial charge in [0.25, 0.3) is 0 Å². The molecular formula is C27H47O15+. The molecule has 19 atom stereocenters. The first-order chi connectivity index (χ1) is 19.8. The normalized spacial score (nSPS) is 55.6. The number of aliphatic hydroxyl groups is 12. The lowest BCUT2D eigenvalue weighted by molar-refractivity contribution is -0.362. The highest BCUT2D eigenvalue weighted by Crippen LogP contribution is 2.42. The van der Waals surface area contributed by atoms with E-state index >= 15 is 0 Å². The highest BCUT2D eigenvalue weighted by atomic mass is 16.7. The smallest absolute Gasteiger partial charge is 0.187 e. The fraction of sp³-hybridized carbons (Fsp3) is 1.00. The van der Waals surface area contributed by atoms with Crippen LogP contribution in [0, 0.1) is 11.8 Å². The van der Waals surface area contributed by atoms with Crippen LogP contribution in [-0.2, 0) is 18.9 Å². The van der Waals surface area contributed by atoms with Crippen LogP contribution in [0.4, 0.5) is 0 Å². The summed E-state index contributed by atoms with van der Waals surface area (Å²) in [5, 5.41) is 104. The maximum Gasteiger partial charge on any atom is 0.187 e. The molecule has 5 rings (SSSR count). The van der Waals surface area contributed by atoms with Gasteiger partial charge in [-0.1, -0.05) is 0 Å². The predicted octanol–water partition coefficient (Wildman–Crippen LogP) is -4.65. The van der Waals surface area contributed by atoms with Gasteiger partial charge in [0.05, 0.1) is 43.0 Å². The van der Waals surface area contributed by atoms with Crippen LogP contribution in [0.1, 0.15) is 45.4 Å². The molecule has 0 spiro atoms. The standard InChI is InChI=1S/C27H46O15/c1-9-19(32)21(34)23(36)26(39-9)38-8-18-20(33)22(35)24(37)27(42-18)41-17-7-12-14(30)5-11(28)6-16(12)40-25(17)10-2-3-13(29)15(31)4-10/h9-37H,2-8H2,1H3/p+1/t9-,10?,11?,12?,13?,14?,15?,16?,17?,18+,19+,20+,21+,22-,23+,24+,25?,26+,27+/m0/s1. The lowest BCUT2D eigenvalue weighted by Crippen LogP contribution is -2.63. The van der Waals surface area contributed by atoms with Gasteiger partial charge in [0.15, 0.2) is 24.8 Å². The minimum atomic E-state index is -1.70. The van der Waals surface area contributed by atoms with E-state index in [0.717, 1.165) is 0 Å². The minimum absolute atomic E-state index is 0.189. The minimum Gasteiger partial charge on any atom is -0.427 e. The van der Waals surface area contributed by atoms with Gasteiger partial charge in [-0.05, 0) is 32.6 Å². The summed E-state index contributed by atoms with van der Waals surface area (Å²) in [6.45, 7) is 1.05. The van der Waals surface area contributed by atoms with Crippen molar-refractivity contribution in [1.82, 2.24) is 0 Å². The van der Waals surface area contributed by atoms with Crippen LogP contribution < -0.4 is 0 Å². The highest BCUT2D eigenvalue weighted by Gasteiger charge is 2.55. The molecule has 3 saturated heterocycles. The van der Waals surface area contributed by atoms with Gasteiger partial charge >= 0.3 is 0 Å². The van der Waals surface area contributed by atoms with Crippen LogP contribution >= 0.6 is 0 Å². The van der Waals surface area contributed by atoms with Crippen molar-refractivity contribution >= 4 is 0 Å². The Hall–Kier alpha value is -0.600. The van der Waals surface area contributed by atoms with Crippen molar-refractivity contribution in [2.75, 3.05) is 6.61 Å². The molecule has 5 aliphatic rings. The third-order valence-corrected chi connectivity index (χ3v) is 9.78. The van der Waals surface area contributed by atoms with Crippen LogP contribution in [0.25, 0.3) is 0 Å². The Morgan fingerprint density at radius 2 is 1.36 bits per heavy atom. The zero-order valence-electron chi connectivity index (χ0n) is 23.5. The molecule has 0 aromatic carbocycles. The molecule has 2 saturated carbocycles. The van der Waals surface area contributed by atoms with Crippen molar-refractivity contribution in [2.24, 2.45) is 11.8 Å². The van der Waals surface area contributed by atoms with Gasteiger partial charge < -0.3 is 74.7 Å². The molecule has 15 nitrogen and oxygen atoms in total. The third-order valence-electron chi connectivity index (χ3n) is 9.78. The van der Waals surface area contributed by atoms with Crippen LogP contribution in [0.5, 0.6) is 0 Å². The van der Waals surface area contributed by atoms with Crippen LogP contribution in [0.2, 0.25) is 0 Å². The Kier molecular flexibility index (Phi) is 10.5. The van der Waals surface area contributed by atoms with Crippen LogP contribution in [-0.4, -0.2) is 167 Å². The molecule has 9 unspecified atom stereocenters. The average molecular weight is 612 g/mol. The fourth-order valence-electron chi connectivity index (χ4n) is 7.18. The largest absolute Gasteiger partial charge is 0.427 e. The quantitative estimate of drug-likeness (QED) is 0.127. The van der Waals surface area contributed by atoms with Gasteiger partial charge in [0, 0.05) is 18.8 Å². The molecule has 0 bridgehead atoms.